The van der Waals surface area contributed by atoms with E-state index in [2.05, 4.69) is 59.5 Å². The van der Waals surface area contributed by atoms with Crippen LogP contribution in [0.25, 0.3) is 5.57 Å². The van der Waals surface area contributed by atoms with E-state index in [9.17, 15) is 0 Å². The van der Waals surface area contributed by atoms with Crippen LogP contribution in [-0.2, 0) is 5.54 Å². The fraction of sp³-hybridized carbons (Fsp3) is 0.417. The van der Waals surface area contributed by atoms with Crippen molar-refractivity contribution in [1.29, 1.82) is 0 Å². The van der Waals surface area contributed by atoms with Gasteiger partial charge in [-0.15, -0.1) is 12.4 Å². The summed E-state index contributed by atoms with van der Waals surface area (Å²) in [5.41, 5.74) is 4.51. The van der Waals surface area contributed by atoms with Crippen molar-refractivity contribution in [2.75, 3.05) is 20.2 Å². The van der Waals surface area contributed by atoms with Gasteiger partial charge in [0.15, 0.2) is 0 Å². The summed E-state index contributed by atoms with van der Waals surface area (Å²) in [5, 5.41) is 0. The third kappa shape index (κ3) is 4.07. The van der Waals surface area contributed by atoms with E-state index in [0.717, 1.165) is 25.3 Å². The van der Waals surface area contributed by atoms with Gasteiger partial charge in [0.05, 0.1) is 7.11 Å². The Morgan fingerprint density at radius 2 is 1.70 bits per heavy atom. The highest BCUT2D eigenvalue weighted by Crippen LogP contribution is 2.43. The summed E-state index contributed by atoms with van der Waals surface area (Å²) in [7, 11) is 1.74. The maximum absolute atomic E-state index is 5.40. The summed E-state index contributed by atoms with van der Waals surface area (Å²) >= 11 is 0. The average molecular weight is 384 g/mol. The maximum Gasteiger partial charge on any atom is 0.119 e. The molecule has 2 aromatic carbocycles. The zero-order chi connectivity index (χ0) is 17.8. The molecular formula is C24H30ClNO. The van der Waals surface area contributed by atoms with Gasteiger partial charge in [-0.25, -0.2) is 0 Å². The van der Waals surface area contributed by atoms with Crippen LogP contribution < -0.4 is 4.74 Å². The Bertz CT molecular complexity index is 765. The van der Waals surface area contributed by atoms with Gasteiger partial charge in [0.2, 0.25) is 0 Å². The Morgan fingerprint density at radius 3 is 2.37 bits per heavy atom. The standard InChI is InChI=1S/C24H29NO.ClH/c1-26-23-12-8-9-21(19-23)20-13-17-25(18-14-20)24(15-6-3-7-16-24)22-10-4-2-5-11-22;/h2,4-5,8-13,19H,3,6-7,14-18H2,1H3;1H. The number of rotatable bonds is 4. The van der Waals surface area contributed by atoms with Gasteiger partial charge in [-0.05, 0) is 48.1 Å². The minimum atomic E-state index is 0. The molecule has 1 aliphatic carbocycles. The van der Waals surface area contributed by atoms with Crippen LogP contribution in [-0.4, -0.2) is 25.1 Å². The van der Waals surface area contributed by atoms with Crippen molar-refractivity contribution in [3.8, 4) is 5.75 Å². The van der Waals surface area contributed by atoms with E-state index in [1.54, 1.807) is 7.11 Å². The number of ether oxygens (including phenoxy) is 1. The first-order valence-corrected chi connectivity index (χ1v) is 9.96. The lowest BCUT2D eigenvalue weighted by atomic mass is 9.74. The van der Waals surface area contributed by atoms with E-state index in [0.29, 0.717) is 0 Å². The predicted octanol–water partition coefficient (Wildman–Crippen LogP) is 6.07. The Kier molecular flexibility index (Phi) is 6.62. The number of hydrogen-bond donors (Lipinski definition) is 0. The largest absolute Gasteiger partial charge is 0.497 e. The van der Waals surface area contributed by atoms with E-state index < -0.39 is 0 Å². The molecule has 0 spiro atoms. The maximum atomic E-state index is 5.40. The zero-order valence-electron chi connectivity index (χ0n) is 16.2. The van der Waals surface area contributed by atoms with Crippen molar-refractivity contribution < 1.29 is 4.74 Å². The summed E-state index contributed by atoms with van der Waals surface area (Å²) in [6.45, 7) is 2.18. The van der Waals surface area contributed by atoms with Crippen molar-refractivity contribution in [3.05, 3.63) is 71.8 Å². The van der Waals surface area contributed by atoms with Gasteiger partial charge in [-0.3, -0.25) is 4.90 Å². The van der Waals surface area contributed by atoms with Crippen molar-refractivity contribution in [2.45, 2.75) is 44.1 Å². The normalized spacial score (nSPS) is 19.7. The Hall–Kier alpha value is -1.77. The zero-order valence-corrected chi connectivity index (χ0v) is 17.0. The molecular weight excluding hydrogens is 354 g/mol. The van der Waals surface area contributed by atoms with Gasteiger partial charge in [0.25, 0.3) is 0 Å². The molecule has 3 heteroatoms. The van der Waals surface area contributed by atoms with E-state index >= 15 is 0 Å². The van der Waals surface area contributed by atoms with Crippen LogP contribution in [0, 0.1) is 0 Å². The van der Waals surface area contributed by atoms with Crippen LogP contribution in [0.4, 0.5) is 0 Å². The molecule has 1 heterocycles. The Morgan fingerprint density at radius 1 is 0.926 bits per heavy atom. The second-order valence-corrected chi connectivity index (χ2v) is 7.62. The molecule has 144 valence electrons. The SMILES string of the molecule is COc1cccc(C2=CCN(C3(c4ccccc4)CCCCC3)CC2)c1.Cl. The van der Waals surface area contributed by atoms with E-state index in [4.69, 9.17) is 4.74 Å². The minimum absolute atomic E-state index is 0. The first kappa shape index (κ1) is 20.0. The Labute approximate surface area is 169 Å². The van der Waals surface area contributed by atoms with Crippen LogP contribution in [0.2, 0.25) is 0 Å². The molecule has 2 aromatic rings. The second-order valence-electron chi connectivity index (χ2n) is 7.62. The van der Waals surface area contributed by atoms with Crippen LogP contribution in [0.5, 0.6) is 5.75 Å². The summed E-state index contributed by atoms with van der Waals surface area (Å²) in [4.78, 5) is 2.74. The Balaban J connectivity index is 0.00000210. The molecule has 0 amide bonds. The lowest BCUT2D eigenvalue weighted by Crippen LogP contribution is -2.49. The lowest BCUT2D eigenvalue weighted by Gasteiger charge is -2.48. The summed E-state index contributed by atoms with van der Waals surface area (Å²) in [6.07, 6.45) is 10.2. The van der Waals surface area contributed by atoms with Crippen molar-refractivity contribution in [3.63, 3.8) is 0 Å². The van der Waals surface area contributed by atoms with Gasteiger partial charge in [-0.1, -0.05) is 67.8 Å². The predicted molar refractivity (Wildman–Crippen MR) is 116 cm³/mol. The van der Waals surface area contributed by atoms with Crippen molar-refractivity contribution in [1.82, 2.24) is 4.90 Å². The lowest BCUT2D eigenvalue weighted by molar-refractivity contribution is 0.0569. The molecule has 0 aromatic heterocycles. The molecule has 0 saturated heterocycles. The number of halogens is 1. The van der Waals surface area contributed by atoms with Gasteiger partial charge in [0.1, 0.15) is 5.75 Å². The monoisotopic (exact) mass is 383 g/mol. The van der Waals surface area contributed by atoms with Crippen LogP contribution in [0.3, 0.4) is 0 Å². The topological polar surface area (TPSA) is 12.5 Å². The summed E-state index contributed by atoms with van der Waals surface area (Å²) in [6, 6.07) is 19.7. The highest BCUT2D eigenvalue weighted by Gasteiger charge is 2.39. The molecule has 0 radical (unpaired) electrons. The fourth-order valence-corrected chi connectivity index (χ4v) is 4.82. The first-order chi connectivity index (χ1) is 12.8. The van der Waals surface area contributed by atoms with Crippen molar-refractivity contribution >= 4 is 18.0 Å². The van der Waals surface area contributed by atoms with Gasteiger partial charge >= 0.3 is 0 Å². The van der Waals surface area contributed by atoms with Gasteiger partial charge in [-0.2, -0.15) is 0 Å². The molecule has 0 bridgehead atoms. The molecule has 27 heavy (non-hydrogen) atoms. The number of hydrogen-bond acceptors (Lipinski definition) is 2. The number of methoxy groups -OCH3 is 1. The van der Waals surface area contributed by atoms with Gasteiger partial charge < -0.3 is 4.74 Å². The highest BCUT2D eigenvalue weighted by molar-refractivity contribution is 5.85. The molecule has 1 fully saturated rings. The highest BCUT2D eigenvalue weighted by atomic mass is 35.5. The van der Waals surface area contributed by atoms with Crippen LogP contribution in [0.15, 0.2) is 60.7 Å². The van der Waals surface area contributed by atoms with E-state index in [1.165, 1.54) is 48.8 Å². The molecule has 0 N–H and O–H groups in total. The van der Waals surface area contributed by atoms with Crippen LogP contribution >= 0.6 is 12.4 Å². The van der Waals surface area contributed by atoms with E-state index in [-0.39, 0.29) is 17.9 Å². The fourth-order valence-electron chi connectivity index (χ4n) is 4.82. The third-order valence-corrected chi connectivity index (χ3v) is 6.25. The average Bonchev–Trinajstić information content (AvgIpc) is 2.75. The molecule has 4 rings (SSSR count). The van der Waals surface area contributed by atoms with E-state index in [1.807, 2.05) is 6.07 Å². The summed E-state index contributed by atoms with van der Waals surface area (Å²) < 4.78 is 5.40. The molecule has 2 nitrogen and oxygen atoms in total. The summed E-state index contributed by atoms with van der Waals surface area (Å²) in [5.74, 6) is 0.943. The second kappa shape index (κ2) is 8.95. The number of benzene rings is 2. The molecule has 2 aliphatic rings. The number of nitrogens with zero attached hydrogens (tertiary/aromatic N) is 1. The smallest absolute Gasteiger partial charge is 0.119 e. The first-order valence-electron chi connectivity index (χ1n) is 9.96. The molecule has 1 aliphatic heterocycles. The minimum Gasteiger partial charge on any atom is -0.497 e. The van der Waals surface area contributed by atoms with Crippen molar-refractivity contribution in [2.24, 2.45) is 0 Å². The molecule has 1 saturated carbocycles. The quantitative estimate of drug-likeness (QED) is 0.635. The van der Waals surface area contributed by atoms with Gasteiger partial charge in [0, 0.05) is 18.6 Å². The molecule has 0 unspecified atom stereocenters. The molecule has 0 atom stereocenters. The third-order valence-electron chi connectivity index (χ3n) is 6.25. The van der Waals surface area contributed by atoms with Crippen LogP contribution in [0.1, 0.15) is 49.7 Å².